The van der Waals surface area contributed by atoms with Gasteiger partial charge in [-0.2, -0.15) is 5.10 Å². The molecular formula is C26H32FN3O4. The maximum atomic E-state index is 13.6. The van der Waals surface area contributed by atoms with E-state index in [-0.39, 0.29) is 29.6 Å². The van der Waals surface area contributed by atoms with Crippen molar-refractivity contribution in [3.8, 4) is 11.5 Å². The van der Waals surface area contributed by atoms with E-state index in [1.165, 1.54) is 22.0 Å². The molecule has 0 fully saturated rings. The Morgan fingerprint density at radius 2 is 1.79 bits per heavy atom. The molecule has 0 saturated carbocycles. The van der Waals surface area contributed by atoms with Gasteiger partial charge in [-0.3, -0.25) is 9.59 Å². The molecule has 34 heavy (non-hydrogen) atoms. The van der Waals surface area contributed by atoms with Gasteiger partial charge in [0.2, 0.25) is 5.91 Å². The van der Waals surface area contributed by atoms with E-state index in [1.807, 2.05) is 26.8 Å². The van der Waals surface area contributed by atoms with E-state index in [4.69, 9.17) is 9.47 Å². The number of benzene rings is 2. The number of halogens is 1. The van der Waals surface area contributed by atoms with Crippen LogP contribution in [0.4, 0.5) is 4.39 Å². The van der Waals surface area contributed by atoms with Crippen molar-refractivity contribution >= 4 is 17.5 Å². The first kappa shape index (κ1) is 25.2. The zero-order valence-corrected chi connectivity index (χ0v) is 20.6. The van der Waals surface area contributed by atoms with Gasteiger partial charge in [-0.1, -0.05) is 32.9 Å². The van der Waals surface area contributed by atoms with E-state index in [9.17, 15) is 14.0 Å². The first-order valence-electron chi connectivity index (χ1n) is 11.1. The first-order valence-corrected chi connectivity index (χ1v) is 11.1. The molecule has 2 aromatic carbocycles. The molecule has 0 N–H and O–H groups in total. The lowest BCUT2D eigenvalue weighted by atomic mass is 9.92. The Bertz CT molecular complexity index is 1080. The van der Waals surface area contributed by atoms with Crippen molar-refractivity contribution in [3.63, 3.8) is 0 Å². The van der Waals surface area contributed by atoms with E-state index in [1.54, 1.807) is 45.5 Å². The maximum Gasteiger partial charge on any atom is 0.262 e. The van der Waals surface area contributed by atoms with Gasteiger partial charge in [0.1, 0.15) is 23.9 Å². The molecule has 3 rings (SSSR count). The second kappa shape index (κ2) is 10.2. The van der Waals surface area contributed by atoms with Gasteiger partial charge in [-0.15, -0.1) is 0 Å². The highest BCUT2D eigenvalue weighted by Gasteiger charge is 2.35. The van der Waals surface area contributed by atoms with Crippen LogP contribution in [0.3, 0.4) is 0 Å². The van der Waals surface area contributed by atoms with Crippen molar-refractivity contribution in [3.05, 3.63) is 59.4 Å². The number of likely N-dealkylation sites (N-methyl/N-ethyl adjacent to an activating group) is 1. The van der Waals surface area contributed by atoms with Crippen molar-refractivity contribution in [1.29, 1.82) is 0 Å². The summed E-state index contributed by atoms with van der Waals surface area (Å²) in [4.78, 5) is 27.3. The summed E-state index contributed by atoms with van der Waals surface area (Å²) in [6.45, 7) is 5.82. The molecule has 0 spiro atoms. The maximum absolute atomic E-state index is 13.6. The third-order valence-electron chi connectivity index (χ3n) is 5.62. The summed E-state index contributed by atoms with van der Waals surface area (Å²) in [6, 6.07) is 11.0. The second-order valence-electron chi connectivity index (χ2n) is 9.61. The summed E-state index contributed by atoms with van der Waals surface area (Å²) >= 11 is 0. The summed E-state index contributed by atoms with van der Waals surface area (Å²) in [6.07, 6.45) is 0.745. The number of carbonyl (C=O) groups is 2. The Labute approximate surface area is 200 Å². The molecule has 1 aliphatic rings. The van der Waals surface area contributed by atoms with Gasteiger partial charge in [-0.25, -0.2) is 9.40 Å². The summed E-state index contributed by atoms with van der Waals surface area (Å²) < 4.78 is 24.4. The van der Waals surface area contributed by atoms with Crippen molar-refractivity contribution in [2.75, 3.05) is 27.8 Å². The van der Waals surface area contributed by atoms with Gasteiger partial charge in [-0.05, 0) is 35.2 Å². The standard InChI is InChI=1S/C26H32FN3O4/c1-26(2,3)15-24(31)29(4)16-25(32)30-22(17-7-9-18(27)10-8-17)14-21(28-30)20-12-11-19(33-5)13-23(20)34-6/h7-13,22H,14-16H2,1-6H3/t22-/m1/s1. The molecule has 0 saturated heterocycles. The summed E-state index contributed by atoms with van der Waals surface area (Å²) in [5.74, 6) is 0.426. The van der Waals surface area contributed by atoms with E-state index < -0.39 is 6.04 Å². The molecule has 7 nitrogen and oxygen atoms in total. The van der Waals surface area contributed by atoms with Crippen LogP contribution in [-0.2, 0) is 9.59 Å². The largest absolute Gasteiger partial charge is 0.497 e. The normalized spacial score (nSPS) is 15.7. The van der Waals surface area contributed by atoms with Gasteiger partial charge in [0.25, 0.3) is 5.91 Å². The SMILES string of the molecule is COc1ccc(C2=NN(C(=O)CN(C)C(=O)CC(C)(C)C)[C@@H](c3ccc(F)cc3)C2)c(OC)c1. The minimum Gasteiger partial charge on any atom is -0.497 e. The van der Waals surface area contributed by atoms with Crippen LogP contribution in [0.25, 0.3) is 0 Å². The summed E-state index contributed by atoms with van der Waals surface area (Å²) in [5, 5.41) is 6.03. The summed E-state index contributed by atoms with van der Waals surface area (Å²) in [5.41, 5.74) is 1.97. The Kier molecular flexibility index (Phi) is 7.59. The van der Waals surface area contributed by atoms with Crippen LogP contribution in [-0.4, -0.2) is 55.2 Å². The monoisotopic (exact) mass is 469 g/mol. The number of hydrazone groups is 1. The molecule has 1 aliphatic heterocycles. The van der Waals surface area contributed by atoms with Crippen molar-refractivity contribution < 1.29 is 23.5 Å². The van der Waals surface area contributed by atoms with Crippen LogP contribution in [0.2, 0.25) is 0 Å². The van der Waals surface area contributed by atoms with Gasteiger partial charge in [0.15, 0.2) is 0 Å². The number of nitrogens with zero attached hydrogens (tertiary/aromatic N) is 3. The van der Waals surface area contributed by atoms with Gasteiger partial charge < -0.3 is 14.4 Å². The fourth-order valence-electron chi connectivity index (χ4n) is 3.84. The Balaban J connectivity index is 1.91. The number of rotatable bonds is 7. The minimum absolute atomic E-state index is 0.108. The zero-order chi connectivity index (χ0) is 25.0. The van der Waals surface area contributed by atoms with Gasteiger partial charge in [0, 0.05) is 31.5 Å². The van der Waals surface area contributed by atoms with Crippen LogP contribution in [0, 0.1) is 11.2 Å². The number of carbonyl (C=O) groups excluding carboxylic acids is 2. The van der Waals surface area contributed by atoms with Crippen LogP contribution in [0.1, 0.15) is 50.8 Å². The third-order valence-corrected chi connectivity index (χ3v) is 5.62. The van der Waals surface area contributed by atoms with Gasteiger partial charge >= 0.3 is 0 Å². The van der Waals surface area contributed by atoms with Crippen molar-refractivity contribution in [1.82, 2.24) is 9.91 Å². The molecule has 2 amide bonds. The topological polar surface area (TPSA) is 71.4 Å². The molecule has 0 aromatic heterocycles. The van der Waals surface area contributed by atoms with Crippen LogP contribution < -0.4 is 9.47 Å². The highest BCUT2D eigenvalue weighted by atomic mass is 19.1. The first-order chi connectivity index (χ1) is 16.0. The Morgan fingerprint density at radius 1 is 1.12 bits per heavy atom. The fourth-order valence-corrected chi connectivity index (χ4v) is 3.84. The number of amides is 2. The van der Waals surface area contributed by atoms with E-state index in [0.29, 0.717) is 30.1 Å². The lowest BCUT2D eigenvalue weighted by Gasteiger charge is -2.26. The molecule has 0 aliphatic carbocycles. The van der Waals surface area contributed by atoms with Crippen LogP contribution in [0.15, 0.2) is 47.6 Å². The van der Waals surface area contributed by atoms with Crippen LogP contribution >= 0.6 is 0 Å². The van der Waals surface area contributed by atoms with Crippen LogP contribution in [0.5, 0.6) is 11.5 Å². The number of hydrogen-bond donors (Lipinski definition) is 0. The van der Waals surface area contributed by atoms with E-state index >= 15 is 0 Å². The predicted molar refractivity (Wildman–Crippen MR) is 128 cm³/mol. The second-order valence-corrected chi connectivity index (χ2v) is 9.61. The smallest absolute Gasteiger partial charge is 0.262 e. The molecule has 0 bridgehead atoms. The molecule has 0 radical (unpaired) electrons. The third kappa shape index (κ3) is 5.92. The Hall–Kier alpha value is -3.42. The molecule has 8 heteroatoms. The highest BCUT2D eigenvalue weighted by Crippen LogP contribution is 2.36. The molecule has 0 unspecified atom stereocenters. The average molecular weight is 470 g/mol. The minimum atomic E-state index is -0.430. The Morgan fingerprint density at radius 3 is 2.38 bits per heavy atom. The quantitative estimate of drug-likeness (QED) is 0.602. The lowest BCUT2D eigenvalue weighted by molar-refractivity contribution is -0.141. The number of ether oxygens (including phenoxy) is 2. The number of hydrogen-bond acceptors (Lipinski definition) is 5. The highest BCUT2D eigenvalue weighted by molar-refractivity contribution is 6.05. The molecule has 2 aromatic rings. The fraction of sp³-hybridized carbons (Fsp3) is 0.423. The lowest BCUT2D eigenvalue weighted by Crippen LogP contribution is -2.40. The molecule has 1 heterocycles. The van der Waals surface area contributed by atoms with Crippen molar-refractivity contribution in [2.24, 2.45) is 10.5 Å². The number of methoxy groups -OCH3 is 2. The predicted octanol–water partition coefficient (Wildman–Crippen LogP) is 4.42. The molecular weight excluding hydrogens is 437 g/mol. The van der Waals surface area contributed by atoms with Gasteiger partial charge in [0.05, 0.1) is 26.0 Å². The summed E-state index contributed by atoms with van der Waals surface area (Å²) in [7, 11) is 4.75. The van der Waals surface area contributed by atoms with Crippen molar-refractivity contribution in [2.45, 2.75) is 39.7 Å². The zero-order valence-electron chi connectivity index (χ0n) is 20.6. The van der Waals surface area contributed by atoms with E-state index in [2.05, 4.69) is 5.10 Å². The average Bonchev–Trinajstić information content (AvgIpc) is 3.23. The van der Waals surface area contributed by atoms with E-state index in [0.717, 1.165) is 11.1 Å². The molecule has 182 valence electrons. The molecule has 1 atom stereocenters.